The van der Waals surface area contributed by atoms with E-state index in [0.717, 1.165) is 18.4 Å². The molecule has 0 aromatic heterocycles. The summed E-state index contributed by atoms with van der Waals surface area (Å²) in [6.45, 7) is 1.30. The molecule has 0 bridgehead atoms. The third kappa shape index (κ3) is 4.35. The minimum absolute atomic E-state index is 0. The van der Waals surface area contributed by atoms with Crippen molar-refractivity contribution in [1.29, 1.82) is 0 Å². The Labute approximate surface area is 169 Å². The Morgan fingerprint density at radius 2 is 1.96 bits per heavy atom. The summed E-state index contributed by atoms with van der Waals surface area (Å²) in [7, 11) is -3.66. The molecule has 1 aliphatic carbocycles. The van der Waals surface area contributed by atoms with Gasteiger partial charge in [0, 0.05) is 18.2 Å². The van der Waals surface area contributed by atoms with Crippen LogP contribution in [0.4, 0.5) is 10.1 Å². The van der Waals surface area contributed by atoms with Crippen molar-refractivity contribution >= 4 is 34.0 Å². The summed E-state index contributed by atoms with van der Waals surface area (Å²) in [5.74, 6) is -0.979. The SMILES string of the molecule is Cl.O=C(Nc1ccc2c(c1F)CCNC2)c1cccc(S(=O)(=O)NC2CC2)c1. The zero-order valence-electron chi connectivity index (χ0n) is 15.0. The lowest BCUT2D eigenvalue weighted by Gasteiger charge is -2.19. The monoisotopic (exact) mass is 425 g/mol. The van der Waals surface area contributed by atoms with Crippen molar-refractivity contribution in [3.63, 3.8) is 0 Å². The van der Waals surface area contributed by atoms with E-state index >= 15 is 0 Å². The molecule has 1 heterocycles. The van der Waals surface area contributed by atoms with E-state index in [1.165, 1.54) is 30.3 Å². The number of sulfonamides is 1. The van der Waals surface area contributed by atoms with Crippen LogP contribution in [0.15, 0.2) is 41.3 Å². The van der Waals surface area contributed by atoms with Crippen molar-refractivity contribution < 1.29 is 17.6 Å². The number of benzene rings is 2. The number of amides is 1. The number of fused-ring (bicyclic) bond motifs is 1. The Balaban J connectivity index is 0.00000225. The summed E-state index contributed by atoms with van der Waals surface area (Å²) >= 11 is 0. The number of carbonyl (C=O) groups excluding carboxylic acids is 1. The first-order valence-electron chi connectivity index (χ1n) is 8.89. The van der Waals surface area contributed by atoms with Crippen LogP contribution < -0.4 is 15.4 Å². The van der Waals surface area contributed by atoms with E-state index in [4.69, 9.17) is 0 Å². The molecule has 1 saturated carbocycles. The summed E-state index contributed by atoms with van der Waals surface area (Å²) < 4.78 is 41.9. The fraction of sp³-hybridized carbons (Fsp3) is 0.316. The van der Waals surface area contributed by atoms with Crippen LogP contribution in [0.25, 0.3) is 0 Å². The molecule has 1 fully saturated rings. The molecule has 28 heavy (non-hydrogen) atoms. The van der Waals surface area contributed by atoms with Crippen LogP contribution in [0.3, 0.4) is 0 Å². The van der Waals surface area contributed by atoms with Gasteiger partial charge in [0.25, 0.3) is 5.91 Å². The number of hydrogen-bond acceptors (Lipinski definition) is 4. The number of rotatable bonds is 5. The van der Waals surface area contributed by atoms with Gasteiger partial charge in [-0.3, -0.25) is 4.79 Å². The van der Waals surface area contributed by atoms with Gasteiger partial charge < -0.3 is 10.6 Å². The highest BCUT2D eigenvalue weighted by atomic mass is 35.5. The maximum absolute atomic E-state index is 14.7. The van der Waals surface area contributed by atoms with Crippen molar-refractivity contribution in [3.05, 3.63) is 58.9 Å². The van der Waals surface area contributed by atoms with E-state index in [-0.39, 0.29) is 34.6 Å². The molecular formula is C19H21ClFN3O3S. The molecule has 2 aromatic rings. The average molecular weight is 426 g/mol. The number of carbonyl (C=O) groups is 1. The molecule has 2 aliphatic rings. The highest BCUT2D eigenvalue weighted by Crippen LogP contribution is 2.26. The predicted octanol–water partition coefficient (Wildman–Crippen LogP) is 2.59. The molecule has 2 aromatic carbocycles. The highest BCUT2D eigenvalue weighted by Gasteiger charge is 2.28. The maximum atomic E-state index is 14.7. The Morgan fingerprint density at radius 3 is 2.71 bits per heavy atom. The molecule has 0 atom stereocenters. The number of hydrogen-bond donors (Lipinski definition) is 3. The molecule has 0 radical (unpaired) electrons. The molecule has 3 N–H and O–H groups in total. The zero-order valence-corrected chi connectivity index (χ0v) is 16.6. The average Bonchev–Trinajstić information content (AvgIpc) is 3.47. The number of nitrogens with one attached hydrogen (secondary N) is 3. The van der Waals surface area contributed by atoms with Gasteiger partial charge in [-0.1, -0.05) is 12.1 Å². The van der Waals surface area contributed by atoms with E-state index in [2.05, 4.69) is 15.4 Å². The second-order valence-corrected chi connectivity index (χ2v) is 8.58. The van der Waals surface area contributed by atoms with Crippen LogP contribution in [0.5, 0.6) is 0 Å². The van der Waals surface area contributed by atoms with Crippen molar-refractivity contribution in [3.8, 4) is 0 Å². The van der Waals surface area contributed by atoms with Gasteiger partial charge in [-0.2, -0.15) is 0 Å². The van der Waals surface area contributed by atoms with Gasteiger partial charge in [0.2, 0.25) is 10.0 Å². The van der Waals surface area contributed by atoms with Crippen molar-refractivity contribution in [1.82, 2.24) is 10.0 Å². The maximum Gasteiger partial charge on any atom is 0.255 e. The molecule has 0 unspecified atom stereocenters. The number of anilines is 1. The van der Waals surface area contributed by atoms with Crippen molar-refractivity contribution in [2.24, 2.45) is 0 Å². The smallest absolute Gasteiger partial charge is 0.255 e. The molecule has 4 rings (SSSR count). The Hall–Kier alpha value is -2.00. The second-order valence-electron chi connectivity index (χ2n) is 6.87. The first-order valence-corrected chi connectivity index (χ1v) is 10.4. The molecule has 0 saturated heterocycles. The molecule has 1 aliphatic heterocycles. The van der Waals surface area contributed by atoms with Crippen molar-refractivity contribution in [2.75, 3.05) is 11.9 Å². The van der Waals surface area contributed by atoms with Gasteiger partial charge in [-0.25, -0.2) is 17.5 Å². The van der Waals surface area contributed by atoms with Crippen LogP contribution in [-0.4, -0.2) is 26.9 Å². The van der Waals surface area contributed by atoms with Gasteiger partial charge in [0.05, 0.1) is 10.6 Å². The first-order chi connectivity index (χ1) is 12.9. The van der Waals surface area contributed by atoms with Crippen LogP contribution in [0, 0.1) is 5.82 Å². The van der Waals surface area contributed by atoms with Gasteiger partial charge in [-0.15, -0.1) is 12.4 Å². The van der Waals surface area contributed by atoms with E-state index in [9.17, 15) is 17.6 Å². The first kappa shape index (κ1) is 20.7. The zero-order chi connectivity index (χ0) is 19.0. The quantitative estimate of drug-likeness (QED) is 0.687. The largest absolute Gasteiger partial charge is 0.319 e. The van der Waals surface area contributed by atoms with E-state index in [1.54, 1.807) is 6.07 Å². The minimum atomic E-state index is -3.66. The van der Waals surface area contributed by atoms with Crippen LogP contribution in [-0.2, 0) is 23.0 Å². The standard InChI is InChI=1S/C19H20FN3O3S.ClH/c20-18-16-8-9-21-11-13(16)4-7-17(18)22-19(24)12-2-1-3-15(10-12)27(25,26)23-14-5-6-14;/h1-4,7,10,14,21,23H,5-6,8-9,11H2,(H,22,24);1H. The Kier molecular flexibility index (Phi) is 6.04. The van der Waals surface area contributed by atoms with Gasteiger partial charge in [0.15, 0.2) is 0 Å². The third-order valence-electron chi connectivity index (χ3n) is 4.76. The second kappa shape index (κ2) is 8.16. The highest BCUT2D eigenvalue weighted by molar-refractivity contribution is 7.89. The molecule has 150 valence electrons. The summed E-state index contributed by atoms with van der Waals surface area (Å²) in [4.78, 5) is 12.6. The van der Waals surface area contributed by atoms with Crippen molar-refractivity contribution in [2.45, 2.75) is 36.7 Å². The topological polar surface area (TPSA) is 87.3 Å². The van der Waals surface area contributed by atoms with E-state index < -0.39 is 21.7 Å². The van der Waals surface area contributed by atoms with Gasteiger partial charge >= 0.3 is 0 Å². The lowest BCUT2D eigenvalue weighted by atomic mass is 9.99. The molecule has 6 nitrogen and oxygen atoms in total. The van der Waals surface area contributed by atoms with E-state index in [1.807, 2.05) is 0 Å². The summed E-state index contributed by atoms with van der Waals surface area (Å²) in [6, 6.07) is 9.06. The lowest BCUT2D eigenvalue weighted by molar-refractivity contribution is 0.102. The Bertz CT molecular complexity index is 1010. The van der Waals surface area contributed by atoms with Gasteiger partial charge in [-0.05, 0) is 61.2 Å². The fourth-order valence-electron chi connectivity index (χ4n) is 3.12. The van der Waals surface area contributed by atoms with Crippen LogP contribution >= 0.6 is 12.4 Å². The van der Waals surface area contributed by atoms with Crippen LogP contribution in [0.1, 0.15) is 34.3 Å². The summed E-state index contributed by atoms with van der Waals surface area (Å²) in [6.07, 6.45) is 2.21. The molecule has 9 heteroatoms. The van der Waals surface area contributed by atoms with Crippen LogP contribution in [0.2, 0.25) is 0 Å². The Morgan fingerprint density at radius 1 is 1.18 bits per heavy atom. The lowest BCUT2D eigenvalue weighted by Crippen LogP contribution is -2.26. The summed E-state index contributed by atoms with van der Waals surface area (Å²) in [5, 5.41) is 5.73. The fourth-order valence-corrected chi connectivity index (χ4v) is 4.47. The molecule has 0 spiro atoms. The normalized spacial score (nSPS) is 16.0. The molecule has 1 amide bonds. The summed E-state index contributed by atoms with van der Waals surface area (Å²) in [5.41, 5.74) is 1.75. The third-order valence-corrected chi connectivity index (χ3v) is 6.28. The predicted molar refractivity (Wildman–Crippen MR) is 107 cm³/mol. The van der Waals surface area contributed by atoms with E-state index in [0.29, 0.717) is 25.1 Å². The molecular weight excluding hydrogens is 405 g/mol. The number of halogens is 2. The van der Waals surface area contributed by atoms with Gasteiger partial charge in [0.1, 0.15) is 5.82 Å². The minimum Gasteiger partial charge on any atom is -0.319 e.